The van der Waals surface area contributed by atoms with Gasteiger partial charge in [0.1, 0.15) is 5.84 Å². The lowest BCUT2D eigenvalue weighted by molar-refractivity contribution is 0.548. The molecule has 3 heteroatoms. The van der Waals surface area contributed by atoms with Gasteiger partial charge < -0.3 is 10.6 Å². The second-order valence-corrected chi connectivity index (χ2v) is 4.99. The third-order valence-electron chi connectivity index (χ3n) is 3.39. The molecule has 3 nitrogen and oxygen atoms in total. The van der Waals surface area contributed by atoms with Crippen LogP contribution in [0, 0.1) is 18.3 Å². The summed E-state index contributed by atoms with van der Waals surface area (Å²) in [7, 11) is 0. The van der Waals surface area contributed by atoms with Crippen molar-refractivity contribution in [1.82, 2.24) is 0 Å². The Balaban J connectivity index is 3.08. The van der Waals surface area contributed by atoms with E-state index in [9.17, 15) is 0 Å². The van der Waals surface area contributed by atoms with Crippen molar-refractivity contribution in [2.75, 3.05) is 18.0 Å². The molecular weight excluding hydrogens is 222 g/mol. The maximum atomic E-state index is 7.72. The lowest BCUT2D eigenvalue weighted by Gasteiger charge is -2.28. The average Bonchev–Trinajstić information content (AvgIpc) is 2.35. The van der Waals surface area contributed by atoms with Gasteiger partial charge in [0.25, 0.3) is 0 Å². The lowest BCUT2D eigenvalue weighted by Crippen LogP contribution is -2.30. The van der Waals surface area contributed by atoms with Crippen molar-refractivity contribution >= 4 is 11.5 Å². The van der Waals surface area contributed by atoms with E-state index in [0.717, 1.165) is 36.3 Å². The Labute approximate surface area is 111 Å². The molecule has 0 saturated carbocycles. The summed E-state index contributed by atoms with van der Waals surface area (Å²) in [6.07, 6.45) is 1.16. The molecule has 0 radical (unpaired) electrons. The second-order valence-electron chi connectivity index (χ2n) is 4.99. The van der Waals surface area contributed by atoms with Crippen molar-refractivity contribution in [3.05, 3.63) is 29.3 Å². The first-order valence-electron chi connectivity index (χ1n) is 6.69. The van der Waals surface area contributed by atoms with E-state index >= 15 is 0 Å². The predicted molar refractivity (Wildman–Crippen MR) is 79.5 cm³/mol. The average molecular weight is 247 g/mol. The Morgan fingerprint density at radius 1 is 1.39 bits per heavy atom. The van der Waals surface area contributed by atoms with Crippen LogP contribution in [0.15, 0.2) is 18.2 Å². The van der Waals surface area contributed by atoms with E-state index in [1.54, 1.807) is 0 Å². The van der Waals surface area contributed by atoms with E-state index in [1.165, 1.54) is 0 Å². The van der Waals surface area contributed by atoms with E-state index in [-0.39, 0.29) is 5.84 Å². The van der Waals surface area contributed by atoms with E-state index in [2.05, 4.69) is 37.8 Å². The van der Waals surface area contributed by atoms with Gasteiger partial charge in [-0.3, -0.25) is 5.41 Å². The zero-order valence-corrected chi connectivity index (χ0v) is 12.0. The monoisotopic (exact) mass is 247 g/mol. The molecule has 18 heavy (non-hydrogen) atoms. The predicted octanol–water partition coefficient (Wildman–Crippen LogP) is 3.15. The lowest BCUT2D eigenvalue weighted by atomic mass is 10.0. The highest BCUT2D eigenvalue weighted by Gasteiger charge is 2.14. The number of benzene rings is 1. The summed E-state index contributed by atoms with van der Waals surface area (Å²) in [6, 6.07) is 6.16. The van der Waals surface area contributed by atoms with Gasteiger partial charge in [-0.15, -0.1) is 0 Å². The molecule has 0 fully saturated rings. The minimum Gasteiger partial charge on any atom is -0.384 e. The summed E-state index contributed by atoms with van der Waals surface area (Å²) >= 11 is 0. The summed E-state index contributed by atoms with van der Waals surface area (Å²) in [4.78, 5) is 2.31. The fourth-order valence-corrected chi connectivity index (χ4v) is 2.04. The van der Waals surface area contributed by atoms with Crippen LogP contribution in [-0.2, 0) is 0 Å². The molecule has 100 valence electrons. The van der Waals surface area contributed by atoms with Gasteiger partial charge in [-0.1, -0.05) is 31.9 Å². The van der Waals surface area contributed by atoms with Crippen LogP contribution in [0.4, 0.5) is 5.69 Å². The van der Waals surface area contributed by atoms with Gasteiger partial charge >= 0.3 is 0 Å². The molecule has 0 aliphatic carbocycles. The molecule has 0 spiro atoms. The molecule has 0 heterocycles. The first kappa shape index (κ1) is 14.6. The van der Waals surface area contributed by atoms with Crippen molar-refractivity contribution in [3.8, 4) is 0 Å². The number of aryl methyl sites for hydroxylation is 1. The largest absolute Gasteiger partial charge is 0.384 e. The van der Waals surface area contributed by atoms with Gasteiger partial charge in [0.05, 0.1) is 0 Å². The molecule has 0 amide bonds. The van der Waals surface area contributed by atoms with Gasteiger partial charge in [-0.25, -0.2) is 0 Å². The Kier molecular flexibility index (Phi) is 5.20. The Bertz CT molecular complexity index is 412. The van der Waals surface area contributed by atoms with Gasteiger partial charge in [0.15, 0.2) is 0 Å². The molecular formula is C15H25N3. The van der Waals surface area contributed by atoms with Crippen LogP contribution < -0.4 is 10.6 Å². The number of nitrogens with one attached hydrogen (secondary N) is 1. The summed E-state index contributed by atoms with van der Waals surface area (Å²) in [6.45, 7) is 10.6. The number of hydrogen-bond donors (Lipinski definition) is 2. The first-order chi connectivity index (χ1) is 8.49. The Morgan fingerprint density at radius 2 is 2.06 bits per heavy atom. The standard InChI is InChI=1S/C15H25N3/c1-5-11(3)10-18(6-2)14-8-7-12(4)9-13(14)15(16)17/h7-9,11H,5-6,10H2,1-4H3,(H3,16,17). The van der Waals surface area contributed by atoms with Crippen LogP contribution in [0.2, 0.25) is 0 Å². The van der Waals surface area contributed by atoms with Crippen LogP contribution in [0.3, 0.4) is 0 Å². The van der Waals surface area contributed by atoms with Gasteiger partial charge in [-0.2, -0.15) is 0 Å². The van der Waals surface area contributed by atoms with Crippen molar-refractivity contribution in [2.45, 2.75) is 34.1 Å². The summed E-state index contributed by atoms with van der Waals surface area (Å²) in [5.74, 6) is 0.794. The third kappa shape index (κ3) is 3.49. The van der Waals surface area contributed by atoms with Gasteiger partial charge in [-0.05, 0) is 31.9 Å². The second kappa shape index (κ2) is 6.43. The number of nitrogens with two attached hydrogens (primary N) is 1. The van der Waals surface area contributed by atoms with Crippen LogP contribution in [0.5, 0.6) is 0 Å². The van der Waals surface area contributed by atoms with E-state index in [1.807, 2.05) is 13.0 Å². The summed E-state index contributed by atoms with van der Waals surface area (Å²) in [5, 5.41) is 7.72. The highest BCUT2D eigenvalue weighted by atomic mass is 15.1. The SMILES string of the molecule is CCC(C)CN(CC)c1ccc(C)cc1C(=N)N. The van der Waals surface area contributed by atoms with E-state index in [4.69, 9.17) is 11.1 Å². The molecule has 3 N–H and O–H groups in total. The van der Waals surface area contributed by atoms with Crippen LogP contribution in [-0.4, -0.2) is 18.9 Å². The van der Waals surface area contributed by atoms with Crippen LogP contribution in [0.25, 0.3) is 0 Å². The molecule has 0 aliphatic heterocycles. The third-order valence-corrected chi connectivity index (χ3v) is 3.39. The van der Waals surface area contributed by atoms with Crippen molar-refractivity contribution < 1.29 is 0 Å². The smallest absolute Gasteiger partial charge is 0.124 e. The van der Waals surface area contributed by atoms with Crippen molar-refractivity contribution in [2.24, 2.45) is 11.7 Å². The zero-order valence-electron chi connectivity index (χ0n) is 12.0. The van der Waals surface area contributed by atoms with E-state index in [0.29, 0.717) is 5.92 Å². The molecule has 0 aliphatic rings. The summed E-state index contributed by atoms with van der Waals surface area (Å²) in [5.41, 5.74) is 8.76. The number of rotatable bonds is 6. The van der Waals surface area contributed by atoms with E-state index < -0.39 is 0 Å². The molecule has 1 unspecified atom stereocenters. The van der Waals surface area contributed by atoms with Crippen molar-refractivity contribution in [3.63, 3.8) is 0 Å². The highest BCUT2D eigenvalue weighted by molar-refractivity contribution is 6.00. The maximum Gasteiger partial charge on any atom is 0.124 e. The van der Waals surface area contributed by atoms with Gasteiger partial charge in [0, 0.05) is 24.3 Å². The minimum absolute atomic E-state index is 0.149. The molecule has 1 rings (SSSR count). The van der Waals surface area contributed by atoms with Crippen LogP contribution >= 0.6 is 0 Å². The fraction of sp³-hybridized carbons (Fsp3) is 0.533. The fourth-order valence-electron chi connectivity index (χ4n) is 2.04. The number of amidine groups is 1. The zero-order chi connectivity index (χ0) is 13.7. The quantitative estimate of drug-likeness (QED) is 0.599. The molecule has 0 bridgehead atoms. The van der Waals surface area contributed by atoms with Crippen molar-refractivity contribution in [1.29, 1.82) is 5.41 Å². The number of nitrogens with zero attached hydrogens (tertiary/aromatic N) is 1. The summed E-state index contributed by atoms with van der Waals surface area (Å²) < 4.78 is 0. The highest BCUT2D eigenvalue weighted by Crippen LogP contribution is 2.23. The molecule has 1 aromatic carbocycles. The number of hydrogen-bond acceptors (Lipinski definition) is 2. The minimum atomic E-state index is 0.149. The number of anilines is 1. The number of nitrogen functional groups attached to an aromatic ring is 1. The molecule has 0 saturated heterocycles. The first-order valence-corrected chi connectivity index (χ1v) is 6.69. The molecule has 0 aromatic heterocycles. The normalized spacial score (nSPS) is 12.2. The maximum absolute atomic E-state index is 7.72. The van der Waals surface area contributed by atoms with Crippen LogP contribution in [0.1, 0.15) is 38.3 Å². The van der Waals surface area contributed by atoms with Gasteiger partial charge in [0.2, 0.25) is 0 Å². The molecule has 1 aromatic rings. The Hall–Kier alpha value is -1.51. The molecule has 1 atom stereocenters. The topological polar surface area (TPSA) is 53.1 Å². The Morgan fingerprint density at radius 3 is 2.56 bits per heavy atom.